The number of nitrogens with two attached hydrogens (primary N) is 1. The van der Waals surface area contributed by atoms with Crippen molar-refractivity contribution >= 4 is 17.6 Å². The van der Waals surface area contributed by atoms with E-state index in [9.17, 15) is 9.59 Å². The molecule has 3 fully saturated rings. The fraction of sp³-hybridized carbons (Fsp3) is 0.405. The first-order valence-electron chi connectivity index (χ1n) is 18.6. The molecule has 7 rings (SSSR count). The van der Waals surface area contributed by atoms with Crippen molar-refractivity contribution in [1.29, 1.82) is 0 Å². The molecule has 3 aliphatic heterocycles. The lowest BCUT2D eigenvalue weighted by atomic mass is 9.82. The number of likely N-dealkylation sites (tertiary alicyclic amines) is 3. The molecule has 0 bridgehead atoms. The van der Waals surface area contributed by atoms with Gasteiger partial charge in [0.05, 0.1) is 5.54 Å². The summed E-state index contributed by atoms with van der Waals surface area (Å²) < 4.78 is 6.64. The van der Waals surface area contributed by atoms with E-state index in [1.54, 1.807) is 6.20 Å². The average Bonchev–Trinajstić information content (AvgIpc) is 3.73. The monoisotopic (exact) mass is 686 g/mol. The van der Waals surface area contributed by atoms with Crippen LogP contribution in [0.1, 0.15) is 71.7 Å². The zero-order valence-corrected chi connectivity index (χ0v) is 29.7. The van der Waals surface area contributed by atoms with Gasteiger partial charge < -0.3 is 25.6 Å². The van der Waals surface area contributed by atoms with Gasteiger partial charge in [-0.3, -0.25) is 14.5 Å². The van der Waals surface area contributed by atoms with Gasteiger partial charge in [-0.25, -0.2) is 4.98 Å². The number of carbonyl (C=O) groups is 2. The van der Waals surface area contributed by atoms with Crippen LogP contribution in [0.15, 0.2) is 97.2 Å². The number of anilines is 1. The highest BCUT2D eigenvalue weighted by atomic mass is 16.5. The number of aromatic nitrogens is 1. The van der Waals surface area contributed by atoms with E-state index in [0.717, 1.165) is 69.5 Å². The van der Waals surface area contributed by atoms with Crippen molar-refractivity contribution in [3.05, 3.63) is 114 Å². The molecule has 1 unspecified atom stereocenters. The second kappa shape index (κ2) is 15.7. The molecule has 266 valence electrons. The molecular weight excluding hydrogens is 637 g/mol. The minimum absolute atomic E-state index is 0.0902. The molecule has 9 heteroatoms. The van der Waals surface area contributed by atoms with Gasteiger partial charge in [-0.1, -0.05) is 60.7 Å². The van der Waals surface area contributed by atoms with Crippen LogP contribution in [0.4, 0.5) is 5.82 Å². The molecule has 4 heterocycles. The summed E-state index contributed by atoms with van der Waals surface area (Å²) in [6, 6.07) is 30.1. The van der Waals surface area contributed by atoms with Crippen molar-refractivity contribution in [2.75, 3.05) is 45.0 Å². The molecule has 0 radical (unpaired) electrons. The van der Waals surface area contributed by atoms with Gasteiger partial charge in [-0.15, -0.1) is 0 Å². The third kappa shape index (κ3) is 8.10. The molecule has 3 aliphatic rings. The van der Waals surface area contributed by atoms with Crippen LogP contribution in [0.3, 0.4) is 0 Å². The number of pyridine rings is 1. The van der Waals surface area contributed by atoms with Crippen molar-refractivity contribution < 1.29 is 14.3 Å². The van der Waals surface area contributed by atoms with E-state index < -0.39 is 11.6 Å². The minimum atomic E-state index is -0.618. The van der Waals surface area contributed by atoms with Crippen LogP contribution in [0.25, 0.3) is 11.1 Å². The predicted molar refractivity (Wildman–Crippen MR) is 202 cm³/mol. The van der Waals surface area contributed by atoms with Crippen molar-refractivity contribution in [3.8, 4) is 16.9 Å². The Labute approximate surface area is 301 Å². The summed E-state index contributed by atoms with van der Waals surface area (Å²) in [7, 11) is 0. The number of benzene rings is 3. The number of hydrogen-bond donors (Lipinski definition) is 2. The van der Waals surface area contributed by atoms with E-state index >= 15 is 0 Å². The quantitative estimate of drug-likeness (QED) is 0.203. The first-order chi connectivity index (χ1) is 24.9. The predicted octanol–water partition coefficient (Wildman–Crippen LogP) is 6.26. The zero-order valence-electron chi connectivity index (χ0n) is 29.7. The minimum Gasteiger partial charge on any atom is -0.484 e. The van der Waals surface area contributed by atoms with Gasteiger partial charge in [0.1, 0.15) is 6.10 Å². The maximum absolute atomic E-state index is 13.6. The Morgan fingerprint density at radius 2 is 1.49 bits per heavy atom. The summed E-state index contributed by atoms with van der Waals surface area (Å²) >= 11 is 0. The van der Waals surface area contributed by atoms with E-state index in [0.29, 0.717) is 28.7 Å². The molecule has 9 nitrogen and oxygen atoms in total. The molecule has 3 saturated heterocycles. The number of nitrogen functional groups attached to an aromatic ring is 1. The number of ether oxygens (including phenoxy) is 1. The van der Waals surface area contributed by atoms with Crippen LogP contribution in [0, 0.1) is 0 Å². The lowest BCUT2D eigenvalue weighted by Crippen LogP contribution is -2.62. The van der Waals surface area contributed by atoms with Gasteiger partial charge in [0, 0.05) is 61.7 Å². The van der Waals surface area contributed by atoms with Crippen LogP contribution in [-0.4, -0.2) is 88.5 Å². The number of piperidine rings is 2. The highest BCUT2D eigenvalue weighted by Crippen LogP contribution is 2.34. The number of rotatable bonds is 10. The van der Waals surface area contributed by atoms with Crippen LogP contribution >= 0.6 is 0 Å². The first kappa shape index (κ1) is 34.7. The number of carbonyl (C=O) groups excluding carboxylic acids is 2. The highest BCUT2D eigenvalue weighted by Gasteiger charge is 2.42. The van der Waals surface area contributed by atoms with E-state index in [4.69, 9.17) is 10.5 Å². The van der Waals surface area contributed by atoms with Crippen molar-refractivity contribution in [3.63, 3.8) is 0 Å². The summed E-state index contributed by atoms with van der Waals surface area (Å²) in [5.41, 5.74) is 10.1. The van der Waals surface area contributed by atoms with Gasteiger partial charge in [-0.2, -0.15) is 0 Å². The maximum Gasteiger partial charge on any atom is 0.253 e. The van der Waals surface area contributed by atoms with Crippen molar-refractivity contribution in [1.82, 2.24) is 25.0 Å². The molecule has 4 aromatic rings. The number of hydrogen-bond acceptors (Lipinski definition) is 7. The lowest BCUT2D eigenvalue weighted by molar-refractivity contribution is 0.0321. The topological polar surface area (TPSA) is 104 Å². The fourth-order valence-corrected chi connectivity index (χ4v) is 8.01. The van der Waals surface area contributed by atoms with E-state index in [1.165, 1.54) is 31.5 Å². The fourth-order valence-electron chi connectivity index (χ4n) is 8.01. The summed E-state index contributed by atoms with van der Waals surface area (Å²) in [5, 5.41) is 3.39. The molecule has 0 aliphatic carbocycles. The average molecular weight is 687 g/mol. The lowest BCUT2D eigenvalue weighted by Gasteiger charge is -2.45. The molecule has 2 amide bonds. The standard InChI is InChI=1S/C42H50N6O3/c1-31(42(45-40(49)34-12-6-3-7-13-34)20-26-46(27-21-42)30-32-10-4-2-5-11-32)51-38-28-36(29-44-39(38)43)33-14-16-35(17-15-33)41(50)48-24-18-37(19-25-48)47-22-8-9-23-47/h2-7,10-17,28-29,31,37H,8-9,18-27,30H2,1H3,(H2,43,44)(H,45,49). The zero-order chi connectivity index (χ0) is 35.2. The summed E-state index contributed by atoms with van der Waals surface area (Å²) in [5.74, 6) is 0.738. The molecule has 3 aromatic carbocycles. The van der Waals surface area contributed by atoms with Gasteiger partial charge in [0.15, 0.2) is 11.6 Å². The highest BCUT2D eigenvalue weighted by molar-refractivity contribution is 5.95. The molecule has 51 heavy (non-hydrogen) atoms. The third-order valence-corrected chi connectivity index (χ3v) is 11.2. The third-order valence-electron chi connectivity index (χ3n) is 11.2. The van der Waals surface area contributed by atoms with Crippen LogP contribution in [-0.2, 0) is 6.54 Å². The van der Waals surface area contributed by atoms with E-state index in [1.807, 2.05) is 78.6 Å². The molecule has 1 atom stereocenters. The molecular formula is C42H50N6O3. The summed E-state index contributed by atoms with van der Waals surface area (Å²) in [6.07, 6.45) is 7.47. The molecule has 3 N–H and O–H groups in total. The summed E-state index contributed by atoms with van der Waals surface area (Å²) in [6.45, 7) is 8.51. The number of nitrogens with zero attached hydrogens (tertiary/aromatic N) is 4. The SMILES string of the molecule is CC(Oc1cc(-c2ccc(C(=O)N3CCC(N4CCCC4)CC3)cc2)cnc1N)C1(NC(=O)c2ccccc2)CCN(Cc2ccccc2)CC1. The van der Waals surface area contributed by atoms with Crippen molar-refractivity contribution in [2.45, 2.75) is 69.7 Å². The number of amides is 2. The molecule has 1 aromatic heterocycles. The Kier molecular flexibility index (Phi) is 10.7. The summed E-state index contributed by atoms with van der Waals surface area (Å²) in [4.78, 5) is 38.5. The Bertz CT molecular complexity index is 1760. The van der Waals surface area contributed by atoms with Crippen LogP contribution in [0.5, 0.6) is 5.75 Å². The van der Waals surface area contributed by atoms with Crippen LogP contribution < -0.4 is 15.8 Å². The Hall–Kier alpha value is -4.73. The van der Waals surface area contributed by atoms with Gasteiger partial charge >= 0.3 is 0 Å². The van der Waals surface area contributed by atoms with E-state index in [-0.39, 0.29) is 11.8 Å². The normalized spacial score (nSPS) is 19.0. The molecule has 0 saturated carbocycles. The number of nitrogens with one attached hydrogen (secondary N) is 1. The largest absolute Gasteiger partial charge is 0.484 e. The van der Waals surface area contributed by atoms with Crippen LogP contribution in [0.2, 0.25) is 0 Å². The Morgan fingerprint density at radius 1 is 0.843 bits per heavy atom. The van der Waals surface area contributed by atoms with Gasteiger partial charge in [0.25, 0.3) is 11.8 Å². The Balaban J connectivity index is 1.03. The van der Waals surface area contributed by atoms with Gasteiger partial charge in [-0.05, 0) is 100.0 Å². The molecule has 0 spiro atoms. The van der Waals surface area contributed by atoms with Gasteiger partial charge in [0.2, 0.25) is 0 Å². The maximum atomic E-state index is 13.6. The smallest absolute Gasteiger partial charge is 0.253 e. The van der Waals surface area contributed by atoms with E-state index in [2.05, 4.69) is 44.4 Å². The second-order valence-electron chi connectivity index (χ2n) is 14.4. The van der Waals surface area contributed by atoms with Crippen molar-refractivity contribution in [2.24, 2.45) is 0 Å². The second-order valence-corrected chi connectivity index (χ2v) is 14.4. The first-order valence-corrected chi connectivity index (χ1v) is 18.6. The Morgan fingerprint density at radius 3 is 2.16 bits per heavy atom.